The summed E-state index contributed by atoms with van der Waals surface area (Å²) >= 11 is 0. The third kappa shape index (κ3) is 34.8. The van der Waals surface area contributed by atoms with E-state index in [0.717, 1.165) is 38.5 Å². The number of aliphatic hydroxyl groups excluding tert-OH is 5. The van der Waals surface area contributed by atoms with Crippen LogP contribution in [-0.2, 0) is 14.3 Å². The zero-order valence-electron chi connectivity index (χ0n) is 41.4. The molecule has 374 valence electrons. The molecule has 1 rings (SSSR count). The monoisotopic (exact) mass is 896 g/mol. The summed E-state index contributed by atoms with van der Waals surface area (Å²) in [6.45, 7) is 3.86. The number of amides is 1. The Hall–Kier alpha value is -1.07. The Labute approximate surface area is 388 Å². The Bertz CT molecular complexity index is 997. The van der Waals surface area contributed by atoms with Gasteiger partial charge in [0.25, 0.3) is 0 Å². The number of rotatable bonds is 47. The van der Waals surface area contributed by atoms with Crippen LogP contribution >= 0.6 is 0 Å². The van der Waals surface area contributed by atoms with Crippen molar-refractivity contribution in [3.05, 3.63) is 12.2 Å². The topological polar surface area (TPSA) is 149 Å². The van der Waals surface area contributed by atoms with E-state index in [9.17, 15) is 30.3 Å². The van der Waals surface area contributed by atoms with Crippen molar-refractivity contribution in [3.63, 3.8) is 0 Å². The number of hydrogen-bond donors (Lipinski definition) is 6. The van der Waals surface area contributed by atoms with Gasteiger partial charge in [0.15, 0.2) is 6.29 Å². The van der Waals surface area contributed by atoms with E-state index in [4.69, 9.17) is 9.47 Å². The number of aliphatic hydroxyl groups is 5. The summed E-state index contributed by atoms with van der Waals surface area (Å²) in [5, 5.41) is 54.6. The molecule has 63 heavy (non-hydrogen) atoms. The largest absolute Gasteiger partial charge is 0.394 e. The number of allylic oxidation sites excluding steroid dienone is 2. The molecule has 0 saturated carbocycles. The standard InChI is InChI=1S/C54H105NO8/c1-3-5-7-9-11-13-15-17-19-20-21-22-23-24-25-26-27-28-30-32-34-36-38-40-42-44-50(58)55-47(46-62-54-53(61)52(60)51(59)49(45-56)63-54)48(57)43-41-39-37-35-33-31-29-18-16-14-12-10-8-6-4-2/h20-21,47-49,51-54,56-57,59-61H,3-19,22-46H2,1-2H3,(H,55,58)/b21-20-. The third-order valence-electron chi connectivity index (χ3n) is 13.4. The van der Waals surface area contributed by atoms with E-state index in [1.165, 1.54) is 205 Å². The van der Waals surface area contributed by atoms with E-state index in [-0.39, 0.29) is 12.5 Å². The minimum Gasteiger partial charge on any atom is -0.394 e. The fraction of sp³-hybridized carbons (Fsp3) is 0.944. The van der Waals surface area contributed by atoms with Crippen molar-refractivity contribution in [1.29, 1.82) is 0 Å². The fourth-order valence-electron chi connectivity index (χ4n) is 8.98. The normalized spacial score (nSPS) is 20.1. The Kier molecular flexibility index (Phi) is 42.6. The van der Waals surface area contributed by atoms with Gasteiger partial charge < -0.3 is 40.3 Å². The Morgan fingerprint density at radius 2 is 0.889 bits per heavy atom. The van der Waals surface area contributed by atoms with Crippen LogP contribution in [0.2, 0.25) is 0 Å². The second kappa shape index (κ2) is 44.7. The van der Waals surface area contributed by atoms with Gasteiger partial charge in [0.1, 0.15) is 24.4 Å². The minimum atomic E-state index is -1.55. The van der Waals surface area contributed by atoms with Crippen molar-refractivity contribution in [2.45, 2.75) is 314 Å². The van der Waals surface area contributed by atoms with Crippen LogP contribution in [-0.4, -0.2) is 87.5 Å². The van der Waals surface area contributed by atoms with Crippen molar-refractivity contribution in [3.8, 4) is 0 Å². The number of ether oxygens (including phenoxy) is 2. The van der Waals surface area contributed by atoms with Gasteiger partial charge in [0.2, 0.25) is 5.91 Å². The lowest BCUT2D eigenvalue weighted by molar-refractivity contribution is -0.302. The summed E-state index contributed by atoms with van der Waals surface area (Å²) in [6, 6.07) is -0.715. The van der Waals surface area contributed by atoms with Crippen LogP contribution in [0, 0.1) is 0 Å². The van der Waals surface area contributed by atoms with Crippen LogP contribution in [0.5, 0.6) is 0 Å². The van der Waals surface area contributed by atoms with Crippen LogP contribution in [0.3, 0.4) is 0 Å². The van der Waals surface area contributed by atoms with Gasteiger partial charge in [-0.2, -0.15) is 0 Å². The van der Waals surface area contributed by atoms with Gasteiger partial charge in [0, 0.05) is 6.42 Å². The molecule has 1 saturated heterocycles. The quantitative estimate of drug-likeness (QED) is 0.0261. The smallest absolute Gasteiger partial charge is 0.220 e. The van der Waals surface area contributed by atoms with Gasteiger partial charge in [-0.05, 0) is 38.5 Å². The summed E-state index contributed by atoms with van der Waals surface area (Å²) in [7, 11) is 0. The molecule has 0 radical (unpaired) electrons. The molecule has 0 bridgehead atoms. The maximum Gasteiger partial charge on any atom is 0.220 e. The van der Waals surface area contributed by atoms with Gasteiger partial charge in [-0.15, -0.1) is 0 Å². The summed E-state index contributed by atoms with van der Waals surface area (Å²) in [4.78, 5) is 13.0. The first-order valence-electron chi connectivity index (χ1n) is 27.4. The molecule has 1 aliphatic rings. The number of carbonyl (C=O) groups is 1. The van der Waals surface area contributed by atoms with Crippen molar-refractivity contribution < 1.29 is 39.8 Å². The van der Waals surface area contributed by atoms with Gasteiger partial charge in [-0.1, -0.05) is 238 Å². The molecule has 9 nitrogen and oxygen atoms in total. The first kappa shape index (κ1) is 59.9. The number of carbonyl (C=O) groups excluding carboxylic acids is 1. The SMILES string of the molecule is CCCCCCCCCC/C=C\CCCCCCCCCCCCCCCC(=O)NC(COC1OC(CO)C(O)C(O)C1O)C(O)CCCCCCCCCCCCCCCCC. The highest BCUT2D eigenvalue weighted by atomic mass is 16.7. The molecular formula is C54H105NO8. The summed E-state index contributed by atoms with van der Waals surface area (Å²) in [5.74, 6) is -0.140. The molecular weight excluding hydrogens is 791 g/mol. The molecule has 0 aliphatic carbocycles. The summed E-state index contributed by atoms with van der Waals surface area (Å²) in [5.41, 5.74) is 0. The van der Waals surface area contributed by atoms with E-state index in [0.29, 0.717) is 12.8 Å². The maximum absolute atomic E-state index is 13.0. The molecule has 6 N–H and O–H groups in total. The second-order valence-electron chi connectivity index (χ2n) is 19.4. The molecule has 0 aromatic carbocycles. The number of unbranched alkanes of at least 4 members (excludes halogenated alkanes) is 35. The molecule has 0 spiro atoms. The first-order valence-corrected chi connectivity index (χ1v) is 27.4. The lowest BCUT2D eigenvalue weighted by atomic mass is 9.99. The van der Waals surface area contributed by atoms with E-state index in [2.05, 4.69) is 31.3 Å². The van der Waals surface area contributed by atoms with E-state index >= 15 is 0 Å². The maximum atomic E-state index is 13.0. The van der Waals surface area contributed by atoms with Crippen molar-refractivity contribution in [2.75, 3.05) is 13.2 Å². The van der Waals surface area contributed by atoms with Crippen molar-refractivity contribution in [2.24, 2.45) is 0 Å². The molecule has 1 amide bonds. The molecule has 0 aromatic rings. The van der Waals surface area contributed by atoms with Gasteiger partial charge in [-0.3, -0.25) is 4.79 Å². The molecule has 1 heterocycles. The van der Waals surface area contributed by atoms with Crippen LogP contribution in [0.15, 0.2) is 12.2 Å². The Morgan fingerprint density at radius 3 is 1.29 bits per heavy atom. The van der Waals surface area contributed by atoms with Crippen LogP contribution in [0.1, 0.15) is 271 Å². The van der Waals surface area contributed by atoms with Crippen LogP contribution in [0.4, 0.5) is 0 Å². The number of hydrogen-bond acceptors (Lipinski definition) is 8. The second-order valence-corrected chi connectivity index (χ2v) is 19.4. The molecule has 1 fully saturated rings. The highest BCUT2D eigenvalue weighted by molar-refractivity contribution is 5.76. The molecule has 9 heteroatoms. The molecule has 7 unspecified atom stereocenters. The first-order chi connectivity index (χ1) is 30.8. The summed E-state index contributed by atoms with van der Waals surface area (Å²) in [6.07, 6.45) is 46.6. The van der Waals surface area contributed by atoms with Crippen LogP contribution in [0.25, 0.3) is 0 Å². The highest BCUT2D eigenvalue weighted by Crippen LogP contribution is 2.23. The lowest BCUT2D eigenvalue weighted by Crippen LogP contribution is -2.60. The minimum absolute atomic E-state index is 0.134. The zero-order valence-corrected chi connectivity index (χ0v) is 41.4. The number of nitrogens with one attached hydrogen (secondary N) is 1. The lowest BCUT2D eigenvalue weighted by Gasteiger charge is -2.40. The van der Waals surface area contributed by atoms with Gasteiger partial charge in [0.05, 0.1) is 25.4 Å². The zero-order chi connectivity index (χ0) is 45.9. The third-order valence-corrected chi connectivity index (χ3v) is 13.4. The summed E-state index contributed by atoms with van der Waals surface area (Å²) < 4.78 is 11.3. The predicted molar refractivity (Wildman–Crippen MR) is 263 cm³/mol. The average molecular weight is 896 g/mol. The van der Waals surface area contributed by atoms with Gasteiger partial charge >= 0.3 is 0 Å². The average Bonchev–Trinajstić information content (AvgIpc) is 3.28. The Morgan fingerprint density at radius 1 is 0.524 bits per heavy atom. The van der Waals surface area contributed by atoms with Crippen molar-refractivity contribution >= 4 is 5.91 Å². The van der Waals surface area contributed by atoms with Crippen LogP contribution < -0.4 is 5.32 Å². The highest BCUT2D eigenvalue weighted by Gasteiger charge is 2.44. The van der Waals surface area contributed by atoms with E-state index < -0.39 is 49.5 Å². The molecule has 0 aromatic heterocycles. The van der Waals surface area contributed by atoms with Crippen molar-refractivity contribution in [1.82, 2.24) is 5.32 Å². The molecule has 1 aliphatic heterocycles. The Balaban J connectivity index is 2.19. The van der Waals surface area contributed by atoms with Gasteiger partial charge in [-0.25, -0.2) is 0 Å². The predicted octanol–water partition coefficient (Wildman–Crippen LogP) is 12.8. The van der Waals surface area contributed by atoms with E-state index in [1.807, 2.05) is 0 Å². The van der Waals surface area contributed by atoms with E-state index in [1.54, 1.807) is 0 Å². The molecule has 7 atom stereocenters. The fourth-order valence-corrected chi connectivity index (χ4v) is 8.98.